The summed E-state index contributed by atoms with van der Waals surface area (Å²) in [6.45, 7) is 1.73. The van der Waals surface area contributed by atoms with E-state index in [1.165, 1.54) is 36.4 Å². The SMILES string of the molecule is Cc1ccc([N+](=O)[O-])cc1NC(=O)c1ccc(N2C(=O)c3ccccc3C2=O)cc1. The minimum atomic E-state index is -0.536. The van der Waals surface area contributed by atoms with Gasteiger partial charge >= 0.3 is 0 Å². The largest absolute Gasteiger partial charge is 0.321 e. The molecule has 0 aromatic heterocycles. The number of nitrogens with one attached hydrogen (secondary N) is 1. The number of nitrogens with zero attached hydrogens (tertiary/aromatic N) is 2. The van der Waals surface area contributed by atoms with E-state index in [-0.39, 0.29) is 11.3 Å². The van der Waals surface area contributed by atoms with E-state index in [0.717, 1.165) is 4.90 Å². The summed E-state index contributed by atoms with van der Waals surface area (Å²) in [4.78, 5) is 49.2. The van der Waals surface area contributed by atoms with Gasteiger partial charge < -0.3 is 5.32 Å². The summed E-state index contributed by atoms with van der Waals surface area (Å²) in [5.74, 6) is -1.30. The van der Waals surface area contributed by atoms with Crippen molar-refractivity contribution in [3.05, 3.63) is 99.1 Å². The predicted molar refractivity (Wildman–Crippen MR) is 110 cm³/mol. The molecule has 0 fully saturated rings. The van der Waals surface area contributed by atoms with Crippen LogP contribution in [-0.2, 0) is 0 Å². The lowest BCUT2D eigenvalue weighted by atomic mass is 10.1. The smallest absolute Gasteiger partial charge is 0.271 e. The molecule has 3 aromatic carbocycles. The Labute approximate surface area is 170 Å². The van der Waals surface area contributed by atoms with E-state index in [2.05, 4.69) is 5.32 Å². The van der Waals surface area contributed by atoms with Crippen molar-refractivity contribution in [2.24, 2.45) is 0 Å². The van der Waals surface area contributed by atoms with E-state index in [1.807, 2.05) is 0 Å². The van der Waals surface area contributed by atoms with E-state index in [4.69, 9.17) is 0 Å². The summed E-state index contributed by atoms with van der Waals surface area (Å²) in [6.07, 6.45) is 0. The summed E-state index contributed by atoms with van der Waals surface area (Å²) in [5.41, 5.74) is 2.19. The molecule has 0 atom stereocenters. The molecule has 0 radical (unpaired) electrons. The third-order valence-electron chi connectivity index (χ3n) is 4.86. The lowest BCUT2D eigenvalue weighted by Gasteiger charge is -2.14. The van der Waals surface area contributed by atoms with Gasteiger partial charge in [0.05, 0.1) is 27.4 Å². The number of imide groups is 1. The highest BCUT2D eigenvalue weighted by molar-refractivity contribution is 6.34. The summed E-state index contributed by atoms with van der Waals surface area (Å²) in [5, 5.41) is 13.6. The first-order chi connectivity index (χ1) is 14.4. The molecule has 1 aliphatic rings. The third kappa shape index (κ3) is 3.20. The summed E-state index contributed by atoms with van der Waals surface area (Å²) in [6, 6.07) is 16.8. The van der Waals surface area contributed by atoms with Gasteiger partial charge in [-0.1, -0.05) is 18.2 Å². The molecule has 1 aliphatic heterocycles. The maximum Gasteiger partial charge on any atom is 0.271 e. The highest BCUT2D eigenvalue weighted by atomic mass is 16.6. The Kier molecular flexibility index (Phi) is 4.59. The molecule has 1 N–H and O–H groups in total. The molecule has 0 aliphatic carbocycles. The summed E-state index contributed by atoms with van der Waals surface area (Å²) >= 11 is 0. The van der Waals surface area contributed by atoms with Gasteiger partial charge in [-0.3, -0.25) is 24.5 Å². The second kappa shape index (κ2) is 7.25. The maximum absolute atomic E-state index is 12.6. The second-order valence-corrected chi connectivity index (χ2v) is 6.75. The molecule has 0 bridgehead atoms. The van der Waals surface area contributed by atoms with Crippen LogP contribution in [0, 0.1) is 17.0 Å². The fourth-order valence-corrected chi connectivity index (χ4v) is 3.24. The van der Waals surface area contributed by atoms with E-state index < -0.39 is 22.6 Å². The molecule has 148 valence electrons. The zero-order chi connectivity index (χ0) is 21.4. The molecule has 4 rings (SSSR count). The molecule has 30 heavy (non-hydrogen) atoms. The van der Waals surface area contributed by atoms with Crippen molar-refractivity contribution < 1.29 is 19.3 Å². The van der Waals surface area contributed by atoms with Crippen molar-refractivity contribution in [2.45, 2.75) is 6.92 Å². The summed E-state index contributed by atoms with van der Waals surface area (Å²) < 4.78 is 0. The van der Waals surface area contributed by atoms with Gasteiger partial charge in [0.15, 0.2) is 0 Å². The van der Waals surface area contributed by atoms with Gasteiger partial charge in [-0.05, 0) is 48.9 Å². The molecule has 8 nitrogen and oxygen atoms in total. The number of carbonyl (C=O) groups excluding carboxylic acids is 3. The first-order valence-corrected chi connectivity index (χ1v) is 9.01. The van der Waals surface area contributed by atoms with Crippen LogP contribution < -0.4 is 10.2 Å². The van der Waals surface area contributed by atoms with E-state index in [0.29, 0.717) is 28.1 Å². The number of amides is 3. The lowest BCUT2D eigenvalue weighted by Crippen LogP contribution is -2.29. The van der Waals surface area contributed by atoms with Gasteiger partial charge in [0.2, 0.25) is 0 Å². The molecule has 0 saturated heterocycles. The fraction of sp³-hybridized carbons (Fsp3) is 0.0455. The zero-order valence-electron chi connectivity index (χ0n) is 15.8. The number of fused-ring (bicyclic) bond motifs is 1. The van der Waals surface area contributed by atoms with Crippen LogP contribution in [0.1, 0.15) is 36.6 Å². The third-order valence-corrected chi connectivity index (χ3v) is 4.86. The van der Waals surface area contributed by atoms with Crippen molar-refractivity contribution in [3.63, 3.8) is 0 Å². The Bertz CT molecular complexity index is 1180. The molecule has 0 unspecified atom stereocenters. The first-order valence-electron chi connectivity index (χ1n) is 9.01. The Balaban J connectivity index is 1.56. The van der Waals surface area contributed by atoms with Gasteiger partial charge in [0, 0.05) is 17.7 Å². The number of non-ortho nitro benzene ring substituents is 1. The molecule has 8 heteroatoms. The molecule has 0 saturated carbocycles. The van der Waals surface area contributed by atoms with Gasteiger partial charge in [0.25, 0.3) is 23.4 Å². The van der Waals surface area contributed by atoms with Gasteiger partial charge in [-0.25, -0.2) is 4.90 Å². The minimum absolute atomic E-state index is 0.128. The highest BCUT2D eigenvalue weighted by Crippen LogP contribution is 2.29. The van der Waals surface area contributed by atoms with Crippen molar-refractivity contribution in [1.82, 2.24) is 0 Å². The molecule has 3 aromatic rings. The van der Waals surface area contributed by atoms with Crippen molar-refractivity contribution >= 4 is 34.8 Å². The number of benzene rings is 3. The topological polar surface area (TPSA) is 110 Å². The first kappa shape index (κ1) is 19.0. The van der Waals surface area contributed by atoms with Crippen LogP contribution in [0.4, 0.5) is 17.1 Å². The van der Waals surface area contributed by atoms with Gasteiger partial charge in [-0.15, -0.1) is 0 Å². The Morgan fingerprint density at radius 3 is 2.10 bits per heavy atom. The number of nitro benzene ring substituents is 1. The van der Waals surface area contributed by atoms with Crippen LogP contribution in [0.2, 0.25) is 0 Å². The van der Waals surface area contributed by atoms with Crippen molar-refractivity contribution in [1.29, 1.82) is 0 Å². The van der Waals surface area contributed by atoms with Crippen LogP contribution in [0.25, 0.3) is 0 Å². The Morgan fingerprint density at radius 1 is 0.933 bits per heavy atom. The van der Waals surface area contributed by atoms with E-state index in [1.54, 1.807) is 37.3 Å². The second-order valence-electron chi connectivity index (χ2n) is 6.75. The predicted octanol–water partition coefficient (Wildman–Crippen LogP) is 3.96. The highest BCUT2D eigenvalue weighted by Gasteiger charge is 2.36. The van der Waals surface area contributed by atoms with Gasteiger partial charge in [-0.2, -0.15) is 0 Å². The van der Waals surface area contributed by atoms with E-state index in [9.17, 15) is 24.5 Å². The average Bonchev–Trinajstić information content (AvgIpc) is 3.00. The quantitative estimate of drug-likeness (QED) is 0.404. The molecule has 0 spiro atoms. The number of hydrogen-bond donors (Lipinski definition) is 1. The standard InChI is InChI=1S/C22H15N3O5/c1-13-6-9-16(25(29)30)12-19(13)23-20(26)14-7-10-15(11-8-14)24-21(27)17-4-2-3-5-18(17)22(24)28/h2-12H,1H3,(H,23,26). The average molecular weight is 401 g/mol. The number of anilines is 2. The monoisotopic (exact) mass is 401 g/mol. The molecular formula is C22H15N3O5. The maximum atomic E-state index is 12.6. The van der Waals surface area contributed by atoms with Crippen LogP contribution in [0.5, 0.6) is 0 Å². The fourth-order valence-electron chi connectivity index (χ4n) is 3.24. The minimum Gasteiger partial charge on any atom is -0.321 e. The zero-order valence-corrected chi connectivity index (χ0v) is 15.8. The molecular weight excluding hydrogens is 386 g/mol. The number of carbonyl (C=O) groups is 3. The normalized spacial score (nSPS) is 12.6. The van der Waals surface area contributed by atoms with E-state index >= 15 is 0 Å². The molecule has 1 heterocycles. The number of nitro groups is 1. The lowest BCUT2D eigenvalue weighted by molar-refractivity contribution is -0.384. The number of aryl methyl sites for hydroxylation is 1. The number of rotatable bonds is 4. The van der Waals surface area contributed by atoms with Crippen LogP contribution in [0.15, 0.2) is 66.7 Å². The van der Waals surface area contributed by atoms with Crippen LogP contribution >= 0.6 is 0 Å². The van der Waals surface area contributed by atoms with Crippen LogP contribution in [0.3, 0.4) is 0 Å². The Hall–Kier alpha value is -4.33. The summed E-state index contributed by atoms with van der Waals surface area (Å²) in [7, 11) is 0. The van der Waals surface area contributed by atoms with Crippen molar-refractivity contribution in [3.8, 4) is 0 Å². The molecule has 3 amide bonds. The van der Waals surface area contributed by atoms with Crippen molar-refractivity contribution in [2.75, 3.05) is 10.2 Å². The van der Waals surface area contributed by atoms with Gasteiger partial charge in [0.1, 0.15) is 0 Å². The number of hydrogen-bond acceptors (Lipinski definition) is 5. The Morgan fingerprint density at radius 2 is 1.53 bits per heavy atom. The van der Waals surface area contributed by atoms with Crippen LogP contribution in [-0.4, -0.2) is 22.6 Å².